The maximum atomic E-state index is 12.8. The molecule has 1 unspecified atom stereocenters. The summed E-state index contributed by atoms with van der Waals surface area (Å²) in [6, 6.07) is -0.0387. The van der Waals surface area contributed by atoms with Crippen molar-refractivity contribution in [3.63, 3.8) is 0 Å². The quantitative estimate of drug-likeness (QED) is 0.767. The molecule has 0 aromatic carbocycles. The van der Waals surface area contributed by atoms with Gasteiger partial charge in [-0.05, 0) is 13.8 Å². The fraction of sp³-hybridized carbons (Fsp3) is 0.700. The van der Waals surface area contributed by atoms with Crippen molar-refractivity contribution in [1.29, 1.82) is 0 Å². The average molecular weight is 277 g/mol. The number of rotatable bonds is 3. The molecule has 0 amide bonds. The molecule has 1 aromatic heterocycles. The second kappa shape index (κ2) is 4.94. The molecule has 0 aliphatic carbocycles. The molecule has 0 saturated carbocycles. The molecule has 0 N–H and O–H groups in total. The molecule has 8 heteroatoms. The largest absolute Gasteiger partial charge is 0.444 e. The molecule has 18 heavy (non-hydrogen) atoms. The summed E-state index contributed by atoms with van der Waals surface area (Å²) in [5.74, 6) is 1.34. The highest BCUT2D eigenvalue weighted by molar-refractivity contribution is 7.83. The van der Waals surface area contributed by atoms with Crippen molar-refractivity contribution < 1.29 is 16.7 Å². The van der Waals surface area contributed by atoms with Gasteiger partial charge in [-0.2, -0.15) is 12.7 Å². The number of piperazine rings is 1. The van der Waals surface area contributed by atoms with Crippen LogP contribution in [-0.4, -0.2) is 48.8 Å². The van der Waals surface area contributed by atoms with Crippen LogP contribution < -0.4 is 0 Å². The average Bonchev–Trinajstić information content (AvgIpc) is 2.74. The predicted molar refractivity (Wildman–Crippen MR) is 62.8 cm³/mol. The van der Waals surface area contributed by atoms with Crippen LogP contribution in [0.5, 0.6) is 0 Å². The SMILES string of the molecule is Cc1cnc(C(C)N2CCN(S(=O)(=O)F)CC2)o1. The van der Waals surface area contributed by atoms with E-state index >= 15 is 0 Å². The van der Waals surface area contributed by atoms with E-state index in [1.807, 2.05) is 18.7 Å². The van der Waals surface area contributed by atoms with E-state index in [2.05, 4.69) is 4.98 Å². The monoisotopic (exact) mass is 277 g/mol. The van der Waals surface area contributed by atoms with Crippen LogP contribution in [0.1, 0.15) is 24.6 Å². The Kier molecular flexibility index (Phi) is 3.69. The van der Waals surface area contributed by atoms with Crippen LogP contribution in [0.4, 0.5) is 3.89 Å². The highest BCUT2D eigenvalue weighted by atomic mass is 32.3. The number of oxazole rings is 1. The van der Waals surface area contributed by atoms with Gasteiger partial charge in [-0.15, -0.1) is 0 Å². The van der Waals surface area contributed by atoms with Gasteiger partial charge in [-0.1, -0.05) is 3.89 Å². The van der Waals surface area contributed by atoms with E-state index in [9.17, 15) is 12.3 Å². The standard InChI is InChI=1S/C10H16FN3O3S/c1-8-7-12-10(17-8)9(2)13-3-5-14(6-4-13)18(11,15)16/h7,9H,3-6H2,1-2H3. The lowest BCUT2D eigenvalue weighted by molar-refractivity contribution is 0.126. The summed E-state index contributed by atoms with van der Waals surface area (Å²) in [4.78, 5) is 6.17. The van der Waals surface area contributed by atoms with Crippen LogP contribution in [0, 0.1) is 6.92 Å². The van der Waals surface area contributed by atoms with Crippen LogP contribution in [0.2, 0.25) is 0 Å². The van der Waals surface area contributed by atoms with Crippen molar-refractivity contribution in [2.75, 3.05) is 26.2 Å². The number of hydrogen-bond donors (Lipinski definition) is 0. The first kappa shape index (κ1) is 13.4. The van der Waals surface area contributed by atoms with E-state index in [1.165, 1.54) is 0 Å². The van der Waals surface area contributed by atoms with Crippen LogP contribution in [0.15, 0.2) is 10.6 Å². The molecule has 0 bridgehead atoms. The molecule has 2 heterocycles. The minimum atomic E-state index is -4.57. The van der Waals surface area contributed by atoms with E-state index in [0.29, 0.717) is 19.0 Å². The van der Waals surface area contributed by atoms with Gasteiger partial charge in [0.05, 0.1) is 12.2 Å². The van der Waals surface area contributed by atoms with Crippen molar-refractivity contribution in [3.05, 3.63) is 17.8 Å². The van der Waals surface area contributed by atoms with Crippen molar-refractivity contribution in [3.8, 4) is 0 Å². The molecule has 1 aromatic rings. The van der Waals surface area contributed by atoms with Crippen LogP contribution in [0.25, 0.3) is 0 Å². The van der Waals surface area contributed by atoms with Gasteiger partial charge in [0.25, 0.3) is 0 Å². The Morgan fingerprint density at radius 2 is 2.00 bits per heavy atom. The van der Waals surface area contributed by atoms with Gasteiger partial charge in [-0.3, -0.25) is 4.90 Å². The van der Waals surface area contributed by atoms with Crippen LogP contribution >= 0.6 is 0 Å². The number of aromatic nitrogens is 1. The Morgan fingerprint density at radius 1 is 1.39 bits per heavy atom. The highest BCUT2D eigenvalue weighted by Crippen LogP contribution is 2.22. The minimum Gasteiger partial charge on any atom is -0.444 e. The van der Waals surface area contributed by atoms with E-state index in [4.69, 9.17) is 4.42 Å². The first-order valence-electron chi connectivity index (χ1n) is 5.74. The lowest BCUT2D eigenvalue weighted by atomic mass is 10.2. The summed E-state index contributed by atoms with van der Waals surface area (Å²) < 4.78 is 40.5. The molecule has 1 aliphatic rings. The Hall–Kier alpha value is -0.990. The number of aryl methyl sites for hydroxylation is 1. The molecule has 6 nitrogen and oxygen atoms in total. The maximum Gasteiger partial charge on any atom is 0.374 e. The van der Waals surface area contributed by atoms with Gasteiger partial charge in [0.15, 0.2) is 0 Å². The predicted octanol–water partition coefficient (Wildman–Crippen LogP) is 0.876. The highest BCUT2D eigenvalue weighted by Gasteiger charge is 2.30. The molecule has 1 aliphatic heterocycles. The molecule has 0 spiro atoms. The second-order valence-electron chi connectivity index (χ2n) is 4.36. The Morgan fingerprint density at radius 3 is 2.44 bits per heavy atom. The number of halogens is 1. The van der Waals surface area contributed by atoms with Crippen molar-refractivity contribution in [1.82, 2.24) is 14.2 Å². The first-order chi connectivity index (χ1) is 8.38. The molecule has 1 fully saturated rings. The summed E-state index contributed by atoms with van der Waals surface area (Å²) >= 11 is 0. The van der Waals surface area contributed by atoms with E-state index < -0.39 is 10.4 Å². The third-order valence-electron chi connectivity index (χ3n) is 3.13. The van der Waals surface area contributed by atoms with E-state index in [0.717, 1.165) is 10.1 Å². The summed E-state index contributed by atoms with van der Waals surface area (Å²) in [5.41, 5.74) is 0. The normalized spacial score (nSPS) is 21.1. The van der Waals surface area contributed by atoms with Gasteiger partial charge in [0.1, 0.15) is 5.76 Å². The zero-order chi connectivity index (χ0) is 13.3. The summed E-state index contributed by atoms with van der Waals surface area (Å²) in [6.07, 6.45) is 1.65. The zero-order valence-electron chi connectivity index (χ0n) is 10.3. The summed E-state index contributed by atoms with van der Waals surface area (Å²) in [6.45, 7) is 4.99. The van der Waals surface area contributed by atoms with Gasteiger partial charge in [-0.25, -0.2) is 4.98 Å². The van der Waals surface area contributed by atoms with Crippen molar-refractivity contribution in [2.24, 2.45) is 0 Å². The first-order valence-corrected chi connectivity index (χ1v) is 7.08. The molecular formula is C10H16FN3O3S. The third kappa shape index (κ3) is 2.88. The lowest BCUT2D eigenvalue weighted by Gasteiger charge is -2.34. The van der Waals surface area contributed by atoms with Gasteiger partial charge >= 0.3 is 10.4 Å². The van der Waals surface area contributed by atoms with Crippen LogP contribution in [-0.2, 0) is 10.4 Å². The van der Waals surface area contributed by atoms with Gasteiger partial charge in [0.2, 0.25) is 5.89 Å². The maximum absolute atomic E-state index is 12.8. The van der Waals surface area contributed by atoms with Crippen molar-refractivity contribution >= 4 is 10.4 Å². The molecule has 1 saturated heterocycles. The molecule has 0 radical (unpaired) electrons. The van der Waals surface area contributed by atoms with Crippen molar-refractivity contribution in [2.45, 2.75) is 19.9 Å². The Labute approximate surface area is 106 Å². The zero-order valence-corrected chi connectivity index (χ0v) is 11.2. The minimum absolute atomic E-state index is 0.0387. The van der Waals surface area contributed by atoms with E-state index in [1.54, 1.807) is 6.20 Å². The summed E-state index contributed by atoms with van der Waals surface area (Å²) in [5, 5.41) is 0. The van der Waals surface area contributed by atoms with Gasteiger partial charge < -0.3 is 4.42 Å². The number of hydrogen-bond acceptors (Lipinski definition) is 5. The fourth-order valence-corrected chi connectivity index (χ4v) is 2.63. The topological polar surface area (TPSA) is 66.7 Å². The second-order valence-corrected chi connectivity index (χ2v) is 5.70. The van der Waals surface area contributed by atoms with E-state index in [-0.39, 0.29) is 19.1 Å². The Balaban J connectivity index is 1.98. The molecular weight excluding hydrogens is 261 g/mol. The third-order valence-corrected chi connectivity index (χ3v) is 4.11. The molecule has 1 atom stereocenters. The smallest absolute Gasteiger partial charge is 0.374 e. The molecule has 102 valence electrons. The van der Waals surface area contributed by atoms with Gasteiger partial charge in [0, 0.05) is 26.2 Å². The Bertz CT molecular complexity index is 508. The lowest BCUT2D eigenvalue weighted by Crippen LogP contribution is -2.48. The molecule has 2 rings (SSSR count). The van der Waals surface area contributed by atoms with Crippen LogP contribution in [0.3, 0.4) is 0 Å². The summed E-state index contributed by atoms with van der Waals surface area (Å²) in [7, 11) is -4.57. The number of nitrogens with zero attached hydrogens (tertiary/aromatic N) is 3. The fourth-order valence-electron chi connectivity index (χ4n) is 2.03.